The summed E-state index contributed by atoms with van der Waals surface area (Å²) in [7, 11) is 0. The molecule has 0 saturated heterocycles. The molecule has 2 heterocycles. The minimum absolute atomic E-state index is 0.0636. The molecule has 0 fully saturated rings. The summed E-state index contributed by atoms with van der Waals surface area (Å²) in [5.41, 5.74) is 4.27. The van der Waals surface area contributed by atoms with Crippen LogP contribution in [0, 0.1) is 11.3 Å². The van der Waals surface area contributed by atoms with Crippen LogP contribution in [0.3, 0.4) is 0 Å². The van der Waals surface area contributed by atoms with Crippen LogP contribution in [0.15, 0.2) is 12.3 Å². The third-order valence-corrected chi connectivity index (χ3v) is 5.15. The van der Waals surface area contributed by atoms with Crippen molar-refractivity contribution in [3.05, 3.63) is 29.0 Å². The van der Waals surface area contributed by atoms with Gasteiger partial charge >= 0.3 is 5.97 Å². The molecule has 0 radical (unpaired) electrons. The fraction of sp³-hybridized carbons (Fsp3) is 0.571. The van der Waals surface area contributed by atoms with E-state index in [1.54, 1.807) is 0 Å². The van der Waals surface area contributed by atoms with Gasteiger partial charge in [-0.05, 0) is 34.4 Å². The van der Waals surface area contributed by atoms with E-state index in [4.69, 9.17) is 0 Å². The van der Waals surface area contributed by atoms with Crippen molar-refractivity contribution in [3.63, 3.8) is 0 Å². The second-order valence-electron chi connectivity index (χ2n) is 9.17. The monoisotopic (exact) mass is 371 g/mol. The molecule has 3 rings (SSSR count). The molecule has 6 nitrogen and oxygen atoms in total. The van der Waals surface area contributed by atoms with Crippen molar-refractivity contribution in [2.75, 3.05) is 6.54 Å². The summed E-state index contributed by atoms with van der Waals surface area (Å²) in [5, 5.41) is 17.7. The van der Waals surface area contributed by atoms with Crippen LogP contribution in [-0.4, -0.2) is 38.6 Å². The predicted octanol–water partition coefficient (Wildman–Crippen LogP) is 3.71. The third kappa shape index (κ3) is 3.99. The summed E-state index contributed by atoms with van der Waals surface area (Å²) in [5.74, 6) is -1.22. The molecule has 146 valence electrons. The number of aromatic amines is 1. The number of nitrogens with zero attached hydrogens (tertiary/aromatic N) is 2. The summed E-state index contributed by atoms with van der Waals surface area (Å²) in [6, 6.07) is 2.14. The standard InChI is InChI=1S/C21H29N3O3/c1-12(2)15-7-13-6-14(8-18(25)26)20(27)24(11-21(3,4)5)10-17(13)16-9-22-23-19(15)16/h7,9,12,14H,6,8,10-11H2,1-5H3,(H,22,23)(H,25,26). The van der Waals surface area contributed by atoms with E-state index in [9.17, 15) is 14.7 Å². The molecule has 0 aliphatic carbocycles. The number of aromatic nitrogens is 2. The van der Waals surface area contributed by atoms with Gasteiger partial charge in [-0.2, -0.15) is 5.10 Å². The van der Waals surface area contributed by atoms with Crippen LogP contribution < -0.4 is 0 Å². The van der Waals surface area contributed by atoms with E-state index < -0.39 is 11.9 Å². The molecule has 2 aromatic rings. The van der Waals surface area contributed by atoms with Gasteiger partial charge in [-0.3, -0.25) is 14.7 Å². The number of carboxylic acid groups (broad SMARTS) is 1. The maximum atomic E-state index is 13.2. The number of hydrogen-bond acceptors (Lipinski definition) is 3. The van der Waals surface area contributed by atoms with E-state index in [0.29, 0.717) is 25.4 Å². The highest BCUT2D eigenvalue weighted by Crippen LogP contribution is 2.35. The lowest BCUT2D eigenvalue weighted by Gasteiger charge is -2.31. The lowest BCUT2D eigenvalue weighted by atomic mass is 9.89. The van der Waals surface area contributed by atoms with Crippen molar-refractivity contribution >= 4 is 22.8 Å². The van der Waals surface area contributed by atoms with Gasteiger partial charge in [-0.1, -0.05) is 40.7 Å². The molecule has 1 aromatic heterocycles. The van der Waals surface area contributed by atoms with Crippen LogP contribution in [0.4, 0.5) is 0 Å². The van der Waals surface area contributed by atoms with Crippen molar-refractivity contribution in [1.82, 2.24) is 15.1 Å². The Balaban J connectivity index is 2.15. The summed E-state index contributed by atoms with van der Waals surface area (Å²) in [6.45, 7) is 11.6. The SMILES string of the molecule is CC(C)c1cc2c(c3cn[nH]c13)CN(CC(C)(C)C)C(=O)C(CC(=O)O)C2. The van der Waals surface area contributed by atoms with E-state index in [2.05, 4.69) is 50.9 Å². The molecule has 1 aromatic carbocycles. The first-order chi connectivity index (χ1) is 12.6. The largest absolute Gasteiger partial charge is 0.481 e. The first kappa shape index (κ1) is 19.4. The number of H-pyrrole nitrogens is 1. The maximum Gasteiger partial charge on any atom is 0.304 e. The van der Waals surface area contributed by atoms with Crippen molar-refractivity contribution in [2.24, 2.45) is 11.3 Å². The van der Waals surface area contributed by atoms with E-state index >= 15 is 0 Å². The molecule has 1 aliphatic rings. The van der Waals surface area contributed by atoms with Crippen LogP contribution in [0.5, 0.6) is 0 Å². The van der Waals surface area contributed by atoms with Gasteiger partial charge < -0.3 is 10.0 Å². The fourth-order valence-corrected chi connectivity index (χ4v) is 4.04. The molecule has 1 aliphatic heterocycles. The Morgan fingerprint density at radius 2 is 2.11 bits per heavy atom. The van der Waals surface area contributed by atoms with Gasteiger partial charge in [0.1, 0.15) is 0 Å². The van der Waals surface area contributed by atoms with E-state index in [1.807, 2.05) is 11.1 Å². The summed E-state index contributed by atoms with van der Waals surface area (Å²) in [6.07, 6.45) is 2.15. The Kier molecular flexibility index (Phi) is 5.02. The number of rotatable bonds is 4. The molecule has 6 heteroatoms. The molecule has 2 N–H and O–H groups in total. The molecule has 0 bridgehead atoms. The van der Waals surface area contributed by atoms with Crippen LogP contribution in [-0.2, 0) is 22.6 Å². The van der Waals surface area contributed by atoms with Gasteiger partial charge in [0, 0.05) is 18.5 Å². The first-order valence-corrected chi connectivity index (χ1v) is 9.55. The number of hydrogen-bond donors (Lipinski definition) is 2. The first-order valence-electron chi connectivity index (χ1n) is 9.55. The van der Waals surface area contributed by atoms with Gasteiger partial charge in [0.05, 0.1) is 24.1 Å². The fourth-order valence-electron chi connectivity index (χ4n) is 4.04. The van der Waals surface area contributed by atoms with E-state index in [-0.39, 0.29) is 17.7 Å². The molecule has 1 amide bonds. The normalized spacial score (nSPS) is 18.1. The number of carbonyl (C=O) groups excluding carboxylic acids is 1. The summed E-state index contributed by atoms with van der Waals surface area (Å²) < 4.78 is 0. The smallest absolute Gasteiger partial charge is 0.304 e. The summed E-state index contributed by atoms with van der Waals surface area (Å²) in [4.78, 5) is 26.4. The minimum atomic E-state index is -0.930. The number of benzene rings is 1. The number of aliphatic carboxylic acids is 1. The second kappa shape index (κ2) is 6.98. The number of carbonyl (C=O) groups is 2. The van der Waals surface area contributed by atoms with Gasteiger partial charge in [0.25, 0.3) is 0 Å². The highest BCUT2D eigenvalue weighted by molar-refractivity contribution is 5.89. The number of fused-ring (bicyclic) bond motifs is 3. The van der Waals surface area contributed by atoms with Gasteiger partial charge in [-0.25, -0.2) is 0 Å². The third-order valence-electron chi connectivity index (χ3n) is 5.15. The van der Waals surface area contributed by atoms with Gasteiger partial charge in [0.2, 0.25) is 5.91 Å². The zero-order valence-electron chi connectivity index (χ0n) is 16.8. The Morgan fingerprint density at radius 1 is 1.41 bits per heavy atom. The highest BCUT2D eigenvalue weighted by Gasteiger charge is 2.34. The Hall–Kier alpha value is -2.37. The van der Waals surface area contributed by atoms with Crippen LogP contribution in [0.25, 0.3) is 10.9 Å². The molecule has 0 spiro atoms. The lowest BCUT2D eigenvalue weighted by Crippen LogP contribution is -2.40. The Labute approximate surface area is 159 Å². The number of amides is 1. The average molecular weight is 371 g/mol. The lowest BCUT2D eigenvalue weighted by molar-refractivity contribution is -0.145. The molecule has 0 saturated carbocycles. The Bertz CT molecular complexity index is 877. The maximum absolute atomic E-state index is 13.2. The van der Waals surface area contributed by atoms with Crippen LogP contribution >= 0.6 is 0 Å². The zero-order chi connectivity index (χ0) is 19.9. The van der Waals surface area contributed by atoms with Gasteiger partial charge in [0.15, 0.2) is 0 Å². The van der Waals surface area contributed by atoms with Crippen LogP contribution in [0.2, 0.25) is 0 Å². The molecular formula is C21H29N3O3. The Morgan fingerprint density at radius 3 is 2.70 bits per heavy atom. The highest BCUT2D eigenvalue weighted by atomic mass is 16.4. The average Bonchev–Trinajstić information content (AvgIpc) is 2.97. The van der Waals surface area contributed by atoms with Crippen molar-refractivity contribution in [2.45, 2.75) is 59.9 Å². The van der Waals surface area contributed by atoms with E-state index in [1.165, 1.54) is 0 Å². The number of carboxylic acids is 1. The predicted molar refractivity (Wildman–Crippen MR) is 105 cm³/mol. The molecular weight excluding hydrogens is 342 g/mol. The van der Waals surface area contributed by atoms with Crippen LogP contribution in [0.1, 0.15) is 63.6 Å². The van der Waals surface area contributed by atoms with Crippen molar-refractivity contribution in [3.8, 4) is 0 Å². The van der Waals surface area contributed by atoms with Gasteiger partial charge in [-0.15, -0.1) is 0 Å². The summed E-state index contributed by atoms with van der Waals surface area (Å²) >= 11 is 0. The zero-order valence-corrected chi connectivity index (χ0v) is 16.8. The minimum Gasteiger partial charge on any atom is -0.481 e. The number of nitrogens with one attached hydrogen (secondary N) is 1. The van der Waals surface area contributed by atoms with E-state index in [0.717, 1.165) is 27.6 Å². The van der Waals surface area contributed by atoms with Crippen molar-refractivity contribution in [1.29, 1.82) is 0 Å². The second-order valence-corrected chi connectivity index (χ2v) is 9.17. The molecule has 27 heavy (non-hydrogen) atoms. The quantitative estimate of drug-likeness (QED) is 0.858. The molecule has 1 unspecified atom stereocenters. The molecule has 1 atom stereocenters. The van der Waals surface area contributed by atoms with Crippen molar-refractivity contribution < 1.29 is 14.7 Å². The topological polar surface area (TPSA) is 86.3 Å².